The molecule has 5 heteroatoms. The quantitative estimate of drug-likeness (QED) is 0.943. The monoisotopic (exact) mass is 297 g/mol. The minimum Gasteiger partial charge on any atom is -0.381 e. The van der Waals surface area contributed by atoms with Crippen molar-refractivity contribution in [2.75, 3.05) is 0 Å². The van der Waals surface area contributed by atoms with E-state index < -0.39 is 6.10 Å². The van der Waals surface area contributed by atoms with E-state index in [0.29, 0.717) is 18.8 Å². The molecule has 1 N–H and O–H groups in total. The molecule has 1 aliphatic carbocycles. The van der Waals surface area contributed by atoms with Crippen LogP contribution in [0.3, 0.4) is 0 Å². The van der Waals surface area contributed by atoms with E-state index in [1.807, 2.05) is 30.3 Å². The minimum atomic E-state index is -0.875. The van der Waals surface area contributed by atoms with E-state index in [1.165, 1.54) is 12.2 Å². The fourth-order valence-electron chi connectivity index (χ4n) is 2.33. The molecule has 1 heterocycles. The van der Waals surface area contributed by atoms with E-state index in [9.17, 15) is 9.50 Å². The Labute approximate surface area is 127 Å². The van der Waals surface area contributed by atoms with Crippen molar-refractivity contribution < 1.29 is 9.50 Å². The Morgan fingerprint density at radius 2 is 2.09 bits per heavy atom. The first-order valence-electron chi connectivity index (χ1n) is 7.06. The van der Waals surface area contributed by atoms with Gasteiger partial charge in [-0.1, -0.05) is 36.4 Å². The number of hydrogen-bond acceptors (Lipinski definition) is 3. The van der Waals surface area contributed by atoms with Gasteiger partial charge in [0.1, 0.15) is 18.3 Å². The number of nitrogens with zero attached hydrogens (tertiary/aromatic N) is 3. The Morgan fingerprint density at radius 1 is 1.27 bits per heavy atom. The average Bonchev–Trinajstić information content (AvgIpc) is 2.99. The maximum absolute atomic E-state index is 12.9. The molecule has 0 bridgehead atoms. The van der Waals surface area contributed by atoms with Gasteiger partial charge in [0, 0.05) is 0 Å². The van der Waals surface area contributed by atoms with Gasteiger partial charge in [0.15, 0.2) is 5.82 Å². The second-order valence-electron chi connectivity index (χ2n) is 5.12. The Morgan fingerprint density at radius 3 is 2.82 bits per heavy atom. The van der Waals surface area contributed by atoms with Gasteiger partial charge in [-0.05, 0) is 35.8 Å². The first-order valence-corrected chi connectivity index (χ1v) is 7.06. The smallest absolute Gasteiger partial charge is 0.166 e. The highest BCUT2D eigenvalue weighted by atomic mass is 19.1. The molecule has 1 atom stereocenters. The van der Waals surface area contributed by atoms with Gasteiger partial charge >= 0.3 is 0 Å². The van der Waals surface area contributed by atoms with Crippen molar-refractivity contribution in [3.8, 4) is 0 Å². The maximum atomic E-state index is 12.9. The highest BCUT2D eigenvalue weighted by Gasteiger charge is 2.14. The van der Waals surface area contributed by atoms with Crippen molar-refractivity contribution in [3.05, 3.63) is 83.8 Å². The summed E-state index contributed by atoms with van der Waals surface area (Å²) < 4.78 is 14.7. The lowest BCUT2D eigenvalue weighted by molar-refractivity contribution is 0.212. The van der Waals surface area contributed by atoms with E-state index in [-0.39, 0.29) is 5.83 Å². The zero-order valence-corrected chi connectivity index (χ0v) is 11.9. The van der Waals surface area contributed by atoms with Crippen LogP contribution >= 0.6 is 0 Å². The molecule has 0 fully saturated rings. The molecule has 0 radical (unpaired) electrons. The third-order valence-electron chi connectivity index (χ3n) is 3.47. The molecule has 0 aliphatic heterocycles. The second-order valence-corrected chi connectivity index (χ2v) is 5.12. The molecule has 1 aliphatic rings. The molecule has 112 valence electrons. The summed E-state index contributed by atoms with van der Waals surface area (Å²) >= 11 is 0. The summed E-state index contributed by atoms with van der Waals surface area (Å²) in [5.41, 5.74) is 1.95. The standard InChI is InChI=1S/C17H16FN3O/c18-15-8-6-13(7-9-15)10-16(22)17-20-19-12-21(17)11-14-4-2-1-3-5-14/h1-6,8-10,12,16,22H,7,11H2. The topological polar surface area (TPSA) is 50.9 Å². The van der Waals surface area contributed by atoms with Crippen LogP contribution in [0.1, 0.15) is 23.9 Å². The summed E-state index contributed by atoms with van der Waals surface area (Å²) in [6.45, 7) is 0.591. The first-order chi connectivity index (χ1) is 10.7. The summed E-state index contributed by atoms with van der Waals surface area (Å²) in [5, 5.41) is 18.2. The molecule has 0 spiro atoms. The Bertz CT molecular complexity index is 731. The van der Waals surface area contributed by atoms with Crippen molar-refractivity contribution >= 4 is 0 Å². The third-order valence-corrected chi connectivity index (χ3v) is 3.47. The fourth-order valence-corrected chi connectivity index (χ4v) is 2.33. The van der Waals surface area contributed by atoms with Crippen molar-refractivity contribution in [2.24, 2.45) is 0 Å². The van der Waals surface area contributed by atoms with E-state index in [2.05, 4.69) is 10.2 Å². The van der Waals surface area contributed by atoms with Gasteiger partial charge in [-0.25, -0.2) is 4.39 Å². The molecule has 2 aromatic rings. The van der Waals surface area contributed by atoms with Crippen LogP contribution in [0.4, 0.5) is 4.39 Å². The summed E-state index contributed by atoms with van der Waals surface area (Å²) in [6, 6.07) is 9.90. The van der Waals surface area contributed by atoms with Gasteiger partial charge in [-0.2, -0.15) is 0 Å². The van der Waals surface area contributed by atoms with Gasteiger partial charge in [0.2, 0.25) is 0 Å². The normalized spacial score (nSPS) is 17.5. The summed E-state index contributed by atoms with van der Waals surface area (Å²) in [5.74, 6) is 0.221. The van der Waals surface area contributed by atoms with Crippen molar-refractivity contribution in [3.63, 3.8) is 0 Å². The van der Waals surface area contributed by atoms with E-state index in [1.54, 1.807) is 23.0 Å². The molecule has 3 rings (SSSR count). The molecule has 0 saturated heterocycles. The van der Waals surface area contributed by atoms with Crippen LogP contribution < -0.4 is 0 Å². The van der Waals surface area contributed by atoms with Gasteiger partial charge in [0.25, 0.3) is 0 Å². The number of rotatable bonds is 4. The summed E-state index contributed by atoms with van der Waals surface area (Å²) in [4.78, 5) is 0. The van der Waals surface area contributed by atoms with Crippen LogP contribution in [-0.2, 0) is 6.54 Å². The van der Waals surface area contributed by atoms with Crippen LogP contribution in [0.2, 0.25) is 0 Å². The Balaban J connectivity index is 1.77. The predicted octanol–water partition coefficient (Wildman–Crippen LogP) is 3.10. The lowest BCUT2D eigenvalue weighted by Gasteiger charge is -2.11. The van der Waals surface area contributed by atoms with E-state index in [4.69, 9.17) is 0 Å². The minimum absolute atomic E-state index is 0.251. The fraction of sp³-hybridized carbons (Fsp3) is 0.176. The van der Waals surface area contributed by atoms with Crippen molar-refractivity contribution in [2.45, 2.75) is 19.1 Å². The summed E-state index contributed by atoms with van der Waals surface area (Å²) in [6.07, 6.45) is 7.39. The Hall–Kier alpha value is -2.53. The number of aliphatic hydroxyl groups excluding tert-OH is 1. The molecule has 1 aromatic heterocycles. The summed E-state index contributed by atoms with van der Waals surface area (Å²) in [7, 11) is 0. The van der Waals surface area contributed by atoms with Crippen LogP contribution in [0.15, 0.2) is 72.4 Å². The highest BCUT2D eigenvalue weighted by Crippen LogP contribution is 2.21. The second kappa shape index (κ2) is 6.49. The molecule has 1 unspecified atom stereocenters. The molecule has 0 saturated carbocycles. The number of aromatic nitrogens is 3. The van der Waals surface area contributed by atoms with Gasteiger partial charge in [0.05, 0.1) is 6.54 Å². The number of aliphatic hydroxyl groups is 1. The number of halogens is 1. The van der Waals surface area contributed by atoms with Gasteiger partial charge < -0.3 is 9.67 Å². The molecule has 4 nitrogen and oxygen atoms in total. The first kappa shape index (κ1) is 14.4. The van der Waals surface area contributed by atoms with Gasteiger partial charge in [-0.15, -0.1) is 10.2 Å². The zero-order valence-electron chi connectivity index (χ0n) is 11.9. The van der Waals surface area contributed by atoms with Crippen LogP contribution in [0.25, 0.3) is 0 Å². The van der Waals surface area contributed by atoms with Crippen molar-refractivity contribution in [1.29, 1.82) is 0 Å². The molecule has 0 amide bonds. The number of allylic oxidation sites excluding steroid dienone is 5. The SMILES string of the molecule is OC(C=C1C=CC(F)=CC1)c1nncn1Cc1ccccc1. The largest absolute Gasteiger partial charge is 0.381 e. The zero-order chi connectivity index (χ0) is 15.4. The maximum Gasteiger partial charge on any atom is 0.166 e. The van der Waals surface area contributed by atoms with Crippen LogP contribution in [0.5, 0.6) is 0 Å². The van der Waals surface area contributed by atoms with Crippen LogP contribution in [0, 0.1) is 0 Å². The van der Waals surface area contributed by atoms with Gasteiger partial charge in [-0.3, -0.25) is 0 Å². The van der Waals surface area contributed by atoms with E-state index >= 15 is 0 Å². The highest BCUT2D eigenvalue weighted by molar-refractivity contribution is 5.33. The molecular formula is C17H16FN3O. The Kier molecular flexibility index (Phi) is 4.25. The molecular weight excluding hydrogens is 281 g/mol. The molecule has 1 aromatic carbocycles. The lowest BCUT2D eigenvalue weighted by atomic mass is 10.0. The number of hydrogen-bond donors (Lipinski definition) is 1. The number of benzene rings is 1. The third kappa shape index (κ3) is 3.38. The average molecular weight is 297 g/mol. The lowest BCUT2D eigenvalue weighted by Crippen LogP contribution is -2.08. The van der Waals surface area contributed by atoms with E-state index in [0.717, 1.165) is 11.1 Å². The van der Waals surface area contributed by atoms with Crippen LogP contribution in [-0.4, -0.2) is 19.9 Å². The molecule has 22 heavy (non-hydrogen) atoms. The van der Waals surface area contributed by atoms with Crippen molar-refractivity contribution in [1.82, 2.24) is 14.8 Å². The predicted molar refractivity (Wildman–Crippen MR) is 81.6 cm³/mol.